The predicted molar refractivity (Wildman–Crippen MR) is 238 cm³/mol. The molecule has 0 fully saturated rings. The Labute approximate surface area is 367 Å². The lowest BCUT2D eigenvalue weighted by molar-refractivity contribution is -0.120. The second kappa shape index (κ2) is 15.7. The van der Waals surface area contributed by atoms with Gasteiger partial charge in [-0.15, -0.1) is 0 Å². The number of hydrogen-bond acceptors (Lipinski definition) is 10. The van der Waals surface area contributed by atoms with E-state index in [0.717, 1.165) is 40.4 Å². The number of pyridine rings is 2. The van der Waals surface area contributed by atoms with E-state index >= 15 is 0 Å². The van der Waals surface area contributed by atoms with E-state index in [9.17, 15) is 18.4 Å². The average molecular weight is 945 g/mol. The first kappa shape index (κ1) is 40.8. The van der Waals surface area contributed by atoms with E-state index in [1.54, 1.807) is 58.2 Å². The van der Waals surface area contributed by atoms with Gasteiger partial charge in [-0.05, 0) is 93.1 Å². The lowest BCUT2D eigenvalue weighted by atomic mass is 9.85. The highest BCUT2D eigenvalue weighted by Gasteiger charge is 2.43. The maximum absolute atomic E-state index is 14.3. The number of amides is 2. The summed E-state index contributed by atoms with van der Waals surface area (Å²) >= 11 is 2.12. The number of fused-ring (bicyclic) bond motifs is 4. The second-order valence-electron chi connectivity index (χ2n) is 16.1. The first-order chi connectivity index (χ1) is 29.8. The first-order valence-electron chi connectivity index (χ1n) is 20.0. The summed E-state index contributed by atoms with van der Waals surface area (Å²) in [4.78, 5) is 52.6. The van der Waals surface area contributed by atoms with Gasteiger partial charge in [0.1, 0.15) is 38.4 Å². The molecular weight excluding hydrogens is 905 g/mol. The number of nitrogens with one attached hydrogen (secondary N) is 2. The van der Waals surface area contributed by atoms with Crippen molar-refractivity contribution in [3.63, 3.8) is 0 Å². The highest BCUT2D eigenvalue weighted by atomic mass is 127. The molecule has 62 heavy (non-hydrogen) atoms. The Morgan fingerprint density at radius 2 is 1.10 bits per heavy atom. The second-order valence-corrected chi connectivity index (χ2v) is 17.2. The van der Waals surface area contributed by atoms with Gasteiger partial charge in [0.2, 0.25) is 11.8 Å². The van der Waals surface area contributed by atoms with E-state index in [4.69, 9.17) is 10.1 Å². The van der Waals surface area contributed by atoms with Gasteiger partial charge in [0.05, 0.1) is 40.4 Å². The number of aromatic nitrogens is 10. The van der Waals surface area contributed by atoms with Crippen LogP contribution in [0, 0.1) is 15.3 Å². The number of nitrogens with zero attached hydrogens (tertiary/aromatic N) is 10. The fourth-order valence-electron chi connectivity index (χ4n) is 7.86. The summed E-state index contributed by atoms with van der Waals surface area (Å²) in [7, 11) is 0. The van der Waals surface area contributed by atoms with Gasteiger partial charge in [-0.1, -0.05) is 49.7 Å². The van der Waals surface area contributed by atoms with Crippen LogP contribution in [0.3, 0.4) is 0 Å². The summed E-state index contributed by atoms with van der Waals surface area (Å²) in [6.45, 7) is 10.0. The number of carbonyl (C=O) groups excluding carboxylic acids is 2. The standard InChI is InChI=1S/C24H23FN6O.C21H16FIN6O/c1-4-8-17-18-20(29-23(32)24(18,2)3)28-21(27-17)19-15-10-7-12-26-22(15)31(30-19)13-14-9-5-6-11-16(14)25;1-21(2)14-16(23)25-18(26-17(14)27-20(21)30)15-12-7-5-9-24-19(12)29(28-15)10-11-6-3-4-8-13(11)22/h5-7,9-12H,4,8,13H2,1-3H3,(H,27,28,29,32);3-9H,10H2,1-2H3,(H,25,26,27,30). The molecule has 0 saturated heterocycles. The molecule has 2 aromatic carbocycles. The lowest BCUT2D eigenvalue weighted by Gasteiger charge is -2.18. The van der Waals surface area contributed by atoms with Gasteiger partial charge in [0, 0.05) is 34.6 Å². The third-order valence-electron chi connectivity index (χ3n) is 11.2. The monoisotopic (exact) mass is 944 g/mol. The molecule has 0 spiro atoms. The molecule has 0 radical (unpaired) electrons. The van der Waals surface area contributed by atoms with Crippen molar-refractivity contribution in [3.8, 4) is 23.0 Å². The van der Waals surface area contributed by atoms with Gasteiger partial charge >= 0.3 is 0 Å². The first-order valence-corrected chi connectivity index (χ1v) is 21.1. The minimum absolute atomic E-state index is 0.0899. The summed E-state index contributed by atoms with van der Waals surface area (Å²) < 4.78 is 32.5. The van der Waals surface area contributed by atoms with Crippen molar-refractivity contribution in [1.29, 1.82) is 0 Å². The maximum atomic E-state index is 14.3. The van der Waals surface area contributed by atoms with Gasteiger partial charge in [0.15, 0.2) is 22.9 Å². The van der Waals surface area contributed by atoms with Crippen LogP contribution in [-0.4, -0.2) is 61.3 Å². The van der Waals surface area contributed by atoms with E-state index in [1.807, 2.05) is 52.0 Å². The Morgan fingerprint density at radius 1 is 0.629 bits per heavy atom. The molecule has 2 aliphatic heterocycles. The smallest absolute Gasteiger partial charge is 0.235 e. The van der Waals surface area contributed by atoms with Crippen molar-refractivity contribution in [2.75, 3.05) is 10.6 Å². The zero-order valence-corrected chi connectivity index (χ0v) is 36.5. The van der Waals surface area contributed by atoms with Crippen LogP contribution in [0.4, 0.5) is 20.4 Å². The largest absolute Gasteiger partial charge is 0.310 e. The summed E-state index contributed by atoms with van der Waals surface area (Å²) in [5, 5.41) is 16.7. The number of benzene rings is 2. The Hall–Kier alpha value is -6.63. The molecule has 0 atom stereocenters. The van der Waals surface area contributed by atoms with Crippen molar-refractivity contribution in [2.45, 2.75) is 71.4 Å². The van der Waals surface area contributed by atoms with Crippen LogP contribution in [0.15, 0.2) is 85.2 Å². The van der Waals surface area contributed by atoms with Gasteiger partial charge in [-0.25, -0.2) is 48.0 Å². The zero-order valence-electron chi connectivity index (χ0n) is 34.3. The highest BCUT2D eigenvalue weighted by Crippen LogP contribution is 2.41. The van der Waals surface area contributed by atoms with Crippen LogP contribution in [0.5, 0.6) is 0 Å². The van der Waals surface area contributed by atoms with Crippen molar-refractivity contribution >= 4 is 68.1 Å². The third kappa shape index (κ3) is 7.02. The quantitative estimate of drug-likeness (QED) is 0.112. The number of halogens is 3. The maximum Gasteiger partial charge on any atom is 0.235 e. The number of aryl methyl sites for hydroxylation is 1. The molecule has 10 rings (SSSR count). The fourth-order valence-corrected chi connectivity index (χ4v) is 9.02. The molecule has 0 bridgehead atoms. The van der Waals surface area contributed by atoms with Crippen LogP contribution in [-0.2, 0) is 39.9 Å². The van der Waals surface area contributed by atoms with Crippen LogP contribution in [0.2, 0.25) is 0 Å². The molecule has 0 unspecified atom stereocenters. The third-order valence-corrected chi connectivity index (χ3v) is 12.0. The van der Waals surface area contributed by atoms with Crippen molar-refractivity contribution in [1.82, 2.24) is 49.5 Å². The van der Waals surface area contributed by atoms with Crippen LogP contribution < -0.4 is 10.6 Å². The average Bonchev–Trinajstić information content (AvgIpc) is 3.94. The van der Waals surface area contributed by atoms with Crippen LogP contribution in [0.25, 0.3) is 45.1 Å². The Bertz CT molecular complexity index is 3110. The molecule has 0 aliphatic carbocycles. The van der Waals surface area contributed by atoms with E-state index < -0.39 is 10.8 Å². The van der Waals surface area contributed by atoms with Crippen LogP contribution >= 0.6 is 22.6 Å². The van der Waals surface area contributed by atoms with Gasteiger partial charge in [-0.2, -0.15) is 10.2 Å². The molecule has 2 amide bonds. The number of carbonyl (C=O) groups is 2. The Balaban J connectivity index is 0.000000158. The van der Waals surface area contributed by atoms with E-state index in [-0.39, 0.29) is 36.5 Å². The lowest BCUT2D eigenvalue weighted by Crippen LogP contribution is -2.28. The predicted octanol–water partition coefficient (Wildman–Crippen LogP) is 8.17. The summed E-state index contributed by atoms with van der Waals surface area (Å²) in [5.74, 6) is 1.06. The summed E-state index contributed by atoms with van der Waals surface area (Å²) in [6.07, 6.45) is 4.96. The molecule has 6 aromatic heterocycles. The fraction of sp³-hybridized carbons (Fsp3) is 0.244. The van der Waals surface area contributed by atoms with E-state index in [1.165, 1.54) is 12.1 Å². The zero-order chi connectivity index (χ0) is 43.5. The molecule has 14 nitrogen and oxygen atoms in total. The molecule has 8 heterocycles. The van der Waals surface area contributed by atoms with E-state index in [0.29, 0.717) is 60.8 Å². The molecule has 2 N–H and O–H groups in total. The molecule has 312 valence electrons. The van der Waals surface area contributed by atoms with Crippen molar-refractivity contribution in [2.24, 2.45) is 0 Å². The Kier molecular flexibility index (Phi) is 10.3. The SMILES string of the molecule is CC1(C)C(=O)Nc2nc(-c3nn(Cc4ccccc4F)c4ncccc34)nc(I)c21.CCCc1nc(-c2nn(Cc3ccccc3F)c3ncccc23)nc2c1C(C)(C)C(=O)N2. The number of rotatable bonds is 8. The summed E-state index contributed by atoms with van der Waals surface area (Å²) in [5.41, 5.74) is 4.45. The topological polar surface area (TPSA) is 171 Å². The normalized spacial score (nSPS) is 14.6. The van der Waals surface area contributed by atoms with Gasteiger partial charge in [0.25, 0.3) is 0 Å². The van der Waals surface area contributed by atoms with Gasteiger partial charge < -0.3 is 10.6 Å². The van der Waals surface area contributed by atoms with Crippen LogP contribution in [0.1, 0.15) is 69.0 Å². The molecule has 8 aromatic rings. The summed E-state index contributed by atoms with van der Waals surface area (Å²) in [6, 6.07) is 20.6. The highest BCUT2D eigenvalue weighted by molar-refractivity contribution is 14.1. The molecule has 0 saturated carbocycles. The number of anilines is 2. The van der Waals surface area contributed by atoms with E-state index in [2.05, 4.69) is 70.2 Å². The molecular formula is C45H39F2IN12O2. The van der Waals surface area contributed by atoms with Gasteiger partial charge in [-0.3, -0.25) is 9.59 Å². The molecule has 2 aliphatic rings. The minimum Gasteiger partial charge on any atom is -0.310 e. The number of hydrogen-bond donors (Lipinski definition) is 2. The molecule has 17 heteroatoms. The minimum atomic E-state index is -0.696. The van der Waals surface area contributed by atoms with Crippen molar-refractivity contribution < 1.29 is 18.4 Å². The Morgan fingerprint density at radius 3 is 1.60 bits per heavy atom. The van der Waals surface area contributed by atoms with Crippen molar-refractivity contribution in [3.05, 3.63) is 128 Å².